The molecule has 0 bridgehead atoms. The van der Waals surface area contributed by atoms with Gasteiger partial charge in [0.2, 0.25) is 0 Å². The zero-order valence-corrected chi connectivity index (χ0v) is 9.07. The normalized spacial score (nSPS) is 26.3. The minimum atomic E-state index is -4.54. The van der Waals surface area contributed by atoms with Crippen LogP contribution in [0.3, 0.4) is 0 Å². The molecular formula is C7H11NO6S. The van der Waals surface area contributed by atoms with Crippen molar-refractivity contribution in [3.63, 3.8) is 0 Å². The lowest BCUT2D eigenvalue weighted by atomic mass is 9.90. The standard InChI is InChI=1S/C7H11NO6S/c1-5(9)3-7(14-2)4-8(6(7)10)15(11,12)13/h3-4H2,1-2H3,(H,11,12,13)/t7-/m1/s1. The third-order valence-electron chi connectivity index (χ3n) is 2.22. The molecule has 0 aromatic heterocycles. The maximum atomic E-state index is 11.4. The van der Waals surface area contributed by atoms with Crippen molar-refractivity contribution in [2.75, 3.05) is 13.7 Å². The van der Waals surface area contributed by atoms with E-state index >= 15 is 0 Å². The summed E-state index contributed by atoms with van der Waals surface area (Å²) in [6.45, 7) is 0.935. The largest absolute Gasteiger partial charge is 0.366 e. The first kappa shape index (κ1) is 12.1. The topological polar surface area (TPSA) is 101 Å². The minimum absolute atomic E-state index is 0.200. The van der Waals surface area contributed by atoms with Gasteiger partial charge in [-0.1, -0.05) is 0 Å². The molecule has 1 fully saturated rings. The van der Waals surface area contributed by atoms with Crippen molar-refractivity contribution in [1.82, 2.24) is 4.31 Å². The molecule has 0 radical (unpaired) electrons. The second kappa shape index (κ2) is 3.54. The summed E-state index contributed by atoms with van der Waals surface area (Å²) >= 11 is 0. The van der Waals surface area contributed by atoms with Crippen LogP contribution >= 0.6 is 0 Å². The summed E-state index contributed by atoms with van der Waals surface area (Å²) < 4.78 is 35.0. The molecule has 86 valence electrons. The summed E-state index contributed by atoms with van der Waals surface area (Å²) in [4.78, 5) is 22.3. The third kappa shape index (κ3) is 2.01. The molecule has 7 nitrogen and oxygen atoms in total. The molecule has 1 heterocycles. The van der Waals surface area contributed by atoms with Crippen LogP contribution in [0.1, 0.15) is 13.3 Å². The number of β-lactam (4-membered cyclic amide) rings is 1. The van der Waals surface area contributed by atoms with E-state index in [0.717, 1.165) is 0 Å². The lowest BCUT2D eigenvalue weighted by molar-refractivity contribution is -0.173. The molecule has 1 rings (SSSR count). The van der Waals surface area contributed by atoms with Gasteiger partial charge in [-0.05, 0) is 6.92 Å². The Morgan fingerprint density at radius 3 is 2.47 bits per heavy atom. The summed E-state index contributed by atoms with van der Waals surface area (Å²) in [5, 5.41) is 0. The highest BCUT2D eigenvalue weighted by Gasteiger charge is 2.57. The van der Waals surface area contributed by atoms with Crippen LogP contribution in [0, 0.1) is 0 Å². The van der Waals surface area contributed by atoms with E-state index in [-0.39, 0.29) is 23.1 Å². The predicted octanol–water partition coefficient (Wildman–Crippen LogP) is -1.00. The van der Waals surface area contributed by atoms with Gasteiger partial charge in [-0.2, -0.15) is 8.42 Å². The average molecular weight is 237 g/mol. The van der Waals surface area contributed by atoms with Gasteiger partial charge < -0.3 is 4.74 Å². The molecule has 1 saturated heterocycles. The summed E-state index contributed by atoms with van der Waals surface area (Å²) in [5.74, 6) is -1.21. The van der Waals surface area contributed by atoms with E-state index in [0.29, 0.717) is 0 Å². The Labute approximate surface area is 86.9 Å². The predicted molar refractivity (Wildman–Crippen MR) is 48.3 cm³/mol. The number of carbonyl (C=O) groups is 2. The molecule has 1 aliphatic heterocycles. The van der Waals surface area contributed by atoms with Crippen molar-refractivity contribution in [1.29, 1.82) is 0 Å². The molecule has 8 heteroatoms. The van der Waals surface area contributed by atoms with E-state index in [4.69, 9.17) is 9.29 Å². The van der Waals surface area contributed by atoms with Gasteiger partial charge in [0.05, 0.1) is 6.54 Å². The highest BCUT2D eigenvalue weighted by Crippen LogP contribution is 2.31. The van der Waals surface area contributed by atoms with E-state index in [9.17, 15) is 18.0 Å². The van der Waals surface area contributed by atoms with Gasteiger partial charge in [-0.3, -0.25) is 14.1 Å². The van der Waals surface area contributed by atoms with Gasteiger partial charge in [0.15, 0.2) is 5.60 Å². The number of hydrogen-bond acceptors (Lipinski definition) is 5. The fraction of sp³-hybridized carbons (Fsp3) is 0.714. The molecule has 15 heavy (non-hydrogen) atoms. The van der Waals surface area contributed by atoms with Crippen LogP contribution in [-0.4, -0.2) is 48.2 Å². The smallest absolute Gasteiger partial charge is 0.362 e. The first-order valence-electron chi connectivity index (χ1n) is 4.07. The maximum Gasteiger partial charge on any atom is 0.362 e. The number of methoxy groups -OCH3 is 1. The quantitative estimate of drug-likeness (QED) is 0.497. The molecular weight excluding hydrogens is 226 g/mol. The number of Topliss-reactive ketones (excluding diaryl/α,β-unsaturated/α-hetero) is 1. The van der Waals surface area contributed by atoms with Crippen LogP contribution in [0.5, 0.6) is 0 Å². The van der Waals surface area contributed by atoms with Gasteiger partial charge in [0.25, 0.3) is 5.91 Å². The Morgan fingerprint density at radius 1 is 1.67 bits per heavy atom. The molecule has 0 aromatic carbocycles. The van der Waals surface area contributed by atoms with E-state index in [1.807, 2.05) is 0 Å². The van der Waals surface area contributed by atoms with Crippen LogP contribution in [-0.2, 0) is 24.6 Å². The highest BCUT2D eigenvalue weighted by molar-refractivity contribution is 7.84. The molecule has 0 spiro atoms. The van der Waals surface area contributed by atoms with Crippen LogP contribution < -0.4 is 0 Å². The van der Waals surface area contributed by atoms with Gasteiger partial charge >= 0.3 is 10.3 Å². The fourth-order valence-electron chi connectivity index (χ4n) is 1.45. The number of ketones is 1. The van der Waals surface area contributed by atoms with Gasteiger partial charge in [0.1, 0.15) is 5.78 Å². The summed E-state index contributed by atoms with van der Waals surface area (Å²) in [5.41, 5.74) is -1.43. The Morgan fingerprint density at radius 2 is 2.20 bits per heavy atom. The molecule has 1 atom stereocenters. The Kier molecular flexibility index (Phi) is 2.85. The third-order valence-corrected chi connectivity index (χ3v) is 3.07. The van der Waals surface area contributed by atoms with Crippen LogP contribution in [0.4, 0.5) is 0 Å². The van der Waals surface area contributed by atoms with Crippen LogP contribution in [0.25, 0.3) is 0 Å². The second-order valence-electron chi connectivity index (χ2n) is 3.37. The fourth-order valence-corrected chi connectivity index (χ4v) is 2.20. The van der Waals surface area contributed by atoms with Crippen molar-refractivity contribution >= 4 is 22.0 Å². The summed E-state index contributed by atoms with van der Waals surface area (Å²) in [7, 11) is -3.33. The first-order valence-corrected chi connectivity index (χ1v) is 5.47. The van der Waals surface area contributed by atoms with E-state index < -0.39 is 21.8 Å². The zero-order valence-electron chi connectivity index (χ0n) is 8.26. The Bertz CT molecular complexity index is 402. The number of nitrogens with zero attached hydrogens (tertiary/aromatic N) is 1. The van der Waals surface area contributed by atoms with Gasteiger partial charge in [-0.15, -0.1) is 0 Å². The van der Waals surface area contributed by atoms with Crippen LogP contribution in [0.2, 0.25) is 0 Å². The van der Waals surface area contributed by atoms with Gasteiger partial charge in [0, 0.05) is 13.5 Å². The highest BCUT2D eigenvalue weighted by atomic mass is 32.2. The van der Waals surface area contributed by atoms with Crippen molar-refractivity contribution in [3.05, 3.63) is 0 Å². The van der Waals surface area contributed by atoms with E-state index in [2.05, 4.69) is 0 Å². The lowest BCUT2D eigenvalue weighted by Crippen LogP contribution is -2.69. The van der Waals surface area contributed by atoms with Crippen molar-refractivity contribution in [2.24, 2.45) is 0 Å². The summed E-state index contributed by atoms with van der Waals surface area (Å²) in [6, 6.07) is 0. The lowest BCUT2D eigenvalue weighted by Gasteiger charge is -2.44. The molecule has 1 aliphatic rings. The first-order chi connectivity index (χ1) is 6.73. The van der Waals surface area contributed by atoms with Crippen molar-refractivity contribution in [3.8, 4) is 0 Å². The van der Waals surface area contributed by atoms with Crippen molar-refractivity contribution in [2.45, 2.75) is 18.9 Å². The molecule has 0 aromatic rings. The maximum absolute atomic E-state index is 11.4. The number of ether oxygens (including phenoxy) is 1. The summed E-state index contributed by atoms with van der Waals surface area (Å²) in [6.07, 6.45) is -0.200. The molecule has 0 aliphatic carbocycles. The SMILES string of the molecule is CO[C@]1(CC(C)=O)CN(S(=O)(=O)O)C1=O. The average Bonchev–Trinajstić information content (AvgIpc) is 2.08. The molecule has 0 unspecified atom stereocenters. The molecule has 0 saturated carbocycles. The Hall–Kier alpha value is -0.990. The van der Waals surface area contributed by atoms with Crippen molar-refractivity contribution < 1.29 is 27.3 Å². The number of carbonyl (C=O) groups excluding carboxylic acids is 2. The zero-order chi connectivity index (χ0) is 11.9. The number of amides is 1. The number of hydrogen-bond donors (Lipinski definition) is 1. The minimum Gasteiger partial charge on any atom is -0.366 e. The number of rotatable bonds is 4. The second-order valence-corrected chi connectivity index (χ2v) is 4.70. The van der Waals surface area contributed by atoms with Gasteiger partial charge in [-0.25, -0.2) is 4.31 Å². The monoisotopic (exact) mass is 237 g/mol. The van der Waals surface area contributed by atoms with Crippen LogP contribution in [0.15, 0.2) is 0 Å². The van der Waals surface area contributed by atoms with E-state index in [1.54, 1.807) is 0 Å². The Balaban J connectivity index is 2.86. The van der Waals surface area contributed by atoms with E-state index in [1.165, 1.54) is 14.0 Å². The molecule has 1 amide bonds. The molecule has 1 N–H and O–H groups in total.